The quantitative estimate of drug-likeness (QED) is 0.0687. The Kier molecular flexibility index (Phi) is 10.0. The summed E-state index contributed by atoms with van der Waals surface area (Å²) in [6.45, 7) is 0.435. The number of amides is 2. The number of thiazole rings is 1. The van der Waals surface area contributed by atoms with Crippen LogP contribution in [0.3, 0.4) is 0 Å². The summed E-state index contributed by atoms with van der Waals surface area (Å²) in [5, 5.41) is 11.3. The summed E-state index contributed by atoms with van der Waals surface area (Å²) in [5.41, 5.74) is 7.54. The summed E-state index contributed by atoms with van der Waals surface area (Å²) in [6.07, 6.45) is -0.777. The Hall–Kier alpha value is -5.22. The van der Waals surface area contributed by atoms with Gasteiger partial charge in [0.1, 0.15) is 48.5 Å². The third kappa shape index (κ3) is 7.03. The third-order valence-corrected chi connectivity index (χ3v) is 9.27. The zero-order valence-electron chi connectivity index (χ0n) is 25.4. The average molecular weight is 693 g/mol. The van der Waals surface area contributed by atoms with Gasteiger partial charge in [-0.15, -0.1) is 23.1 Å². The van der Waals surface area contributed by atoms with E-state index in [-0.39, 0.29) is 47.1 Å². The van der Waals surface area contributed by atoms with Gasteiger partial charge in [0.25, 0.3) is 17.7 Å². The molecule has 6 rings (SSSR count). The highest BCUT2D eigenvalue weighted by molar-refractivity contribution is 8.00. The summed E-state index contributed by atoms with van der Waals surface area (Å²) in [4.78, 5) is 51.5. The lowest BCUT2D eigenvalue weighted by Gasteiger charge is -2.49. The van der Waals surface area contributed by atoms with Crippen LogP contribution in [0, 0.1) is 6.92 Å². The molecule has 2 aliphatic heterocycles. The summed E-state index contributed by atoms with van der Waals surface area (Å²) in [5.74, 6) is -1.05. The Morgan fingerprint density at radius 1 is 1.17 bits per heavy atom. The van der Waals surface area contributed by atoms with Gasteiger partial charge in [0.15, 0.2) is 16.9 Å². The molecule has 1 fully saturated rings. The fourth-order valence-electron chi connectivity index (χ4n) is 5.06. The predicted molar refractivity (Wildman–Crippen MR) is 175 cm³/mol. The molecular weight excluding hydrogens is 664 g/mol. The topological polar surface area (TPSA) is 171 Å². The molecule has 16 heteroatoms. The molecule has 4 heterocycles. The lowest BCUT2D eigenvalue weighted by Crippen LogP contribution is -2.71. The number of thioether (sulfide) groups is 1. The number of hydrogen-bond donors (Lipinski definition) is 2. The molecule has 2 aromatic heterocycles. The van der Waals surface area contributed by atoms with Gasteiger partial charge in [0.05, 0.1) is 0 Å². The lowest BCUT2D eigenvalue weighted by molar-refractivity contribution is -0.154. The normalized spacial score (nSPS) is 17.5. The van der Waals surface area contributed by atoms with Crippen molar-refractivity contribution >= 4 is 51.7 Å². The number of hydrogen-bond acceptors (Lipinski definition) is 13. The maximum absolute atomic E-state index is 14.1. The van der Waals surface area contributed by atoms with Crippen LogP contribution >= 0.6 is 23.1 Å². The number of esters is 1. The van der Waals surface area contributed by atoms with Crippen LogP contribution in [-0.4, -0.2) is 75.6 Å². The number of fused-ring (bicyclic) bond motifs is 1. The summed E-state index contributed by atoms with van der Waals surface area (Å²) in [6, 6.07) is 19.1. The van der Waals surface area contributed by atoms with Crippen molar-refractivity contribution in [2.75, 3.05) is 31.4 Å². The Morgan fingerprint density at radius 2 is 1.88 bits per heavy atom. The van der Waals surface area contributed by atoms with Crippen LogP contribution in [-0.2, 0) is 24.0 Å². The Bertz CT molecular complexity index is 1810. The van der Waals surface area contributed by atoms with Gasteiger partial charge in [0.2, 0.25) is 0 Å². The maximum atomic E-state index is 14.1. The van der Waals surface area contributed by atoms with Gasteiger partial charge in [-0.1, -0.05) is 65.8 Å². The highest BCUT2D eigenvalue weighted by atomic mass is 32.2. The molecule has 1 saturated heterocycles. The largest absolute Gasteiger partial charge is 0.471 e. The van der Waals surface area contributed by atoms with Gasteiger partial charge in [-0.25, -0.2) is 14.2 Å². The van der Waals surface area contributed by atoms with Crippen molar-refractivity contribution in [2.45, 2.75) is 24.4 Å². The second-order valence-electron chi connectivity index (χ2n) is 10.5. The molecule has 2 atom stereocenters. The number of alkyl halides is 1. The number of nitrogens with one attached hydrogen (secondary N) is 1. The van der Waals surface area contributed by atoms with Crippen LogP contribution in [0.15, 0.2) is 93.1 Å². The smallest absolute Gasteiger partial charge is 0.356 e. The number of nitrogen functional groups attached to an aromatic ring is 1. The van der Waals surface area contributed by atoms with Crippen molar-refractivity contribution in [3.8, 4) is 5.88 Å². The van der Waals surface area contributed by atoms with Gasteiger partial charge in [0, 0.05) is 22.8 Å². The number of nitrogens with two attached hydrogens (primary N) is 1. The lowest BCUT2D eigenvalue weighted by atomic mass is 10.0. The van der Waals surface area contributed by atoms with Crippen LogP contribution in [0.5, 0.6) is 5.88 Å². The number of aromatic nitrogens is 2. The Balaban J connectivity index is 1.27. The van der Waals surface area contributed by atoms with E-state index in [0.717, 1.165) is 22.5 Å². The molecule has 2 aromatic carbocycles. The van der Waals surface area contributed by atoms with Crippen molar-refractivity contribution in [2.24, 2.45) is 5.16 Å². The summed E-state index contributed by atoms with van der Waals surface area (Å²) < 4.78 is 29.7. The number of halogens is 1. The molecular formula is C32H29FN6O7S2. The number of benzene rings is 2. The molecule has 1 unspecified atom stereocenters. The van der Waals surface area contributed by atoms with E-state index in [1.165, 1.54) is 22.0 Å². The fourth-order valence-corrected chi connectivity index (χ4v) is 6.93. The summed E-state index contributed by atoms with van der Waals surface area (Å²) in [7, 11) is 0. The number of carbonyl (C=O) groups excluding carboxylic acids is 3. The second-order valence-corrected chi connectivity index (χ2v) is 12.5. The van der Waals surface area contributed by atoms with Crippen molar-refractivity contribution in [3.63, 3.8) is 0 Å². The van der Waals surface area contributed by atoms with E-state index in [0.29, 0.717) is 11.3 Å². The van der Waals surface area contributed by atoms with E-state index < -0.39 is 42.0 Å². The monoisotopic (exact) mass is 692 g/mol. The van der Waals surface area contributed by atoms with Crippen molar-refractivity contribution in [1.82, 2.24) is 20.4 Å². The first-order chi connectivity index (χ1) is 23.3. The predicted octanol–water partition coefficient (Wildman–Crippen LogP) is 3.78. The number of carbonyl (C=O) groups is 3. The van der Waals surface area contributed by atoms with Crippen LogP contribution < -0.4 is 15.8 Å². The standard InChI is InChI=1S/C32H29FN6O7S2/c1-18-14-23(37-46-18)43-15-21-16-47-30-25(36-28(40)24(38-44-13-12-33)22-17-48-32(34)35-22)29(41)39(30)26(21)31(42)45-27(19-8-4-2-5-9-19)20-10-6-3-7-11-20/h2-11,14,17,25,27,30H,12-13,15-16H2,1H3,(H2,34,35)(H,36,40)/b38-24-/t25?,30-/m1/s1. The molecule has 0 aliphatic carbocycles. The van der Waals surface area contributed by atoms with E-state index in [1.54, 1.807) is 13.0 Å². The maximum Gasteiger partial charge on any atom is 0.356 e. The van der Waals surface area contributed by atoms with Crippen molar-refractivity contribution in [1.29, 1.82) is 0 Å². The highest BCUT2D eigenvalue weighted by Gasteiger charge is 2.55. The minimum atomic E-state index is -1.03. The van der Waals surface area contributed by atoms with E-state index in [1.807, 2.05) is 60.7 Å². The van der Waals surface area contributed by atoms with E-state index in [9.17, 15) is 18.8 Å². The molecule has 48 heavy (non-hydrogen) atoms. The van der Waals surface area contributed by atoms with Crippen molar-refractivity contribution < 1.29 is 37.6 Å². The minimum absolute atomic E-state index is 0.0128. The number of anilines is 1. The molecule has 3 N–H and O–H groups in total. The number of oxime groups is 1. The van der Waals surface area contributed by atoms with Gasteiger partial charge in [-0.2, -0.15) is 0 Å². The number of aryl methyl sites for hydroxylation is 1. The Morgan fingerprint density at radius 3 is 2.48 bits per heavy atom. The second kappa shape index (κ2) is 14.7. The molecule has 2 aliphatic rings. The van der Waals surface area contributed by atoms with E-state index in [2.05, 4.69) is 20.6 Å². The van der Waals surface area contributed by atoms with Crippen LogP contribution in [0.4, 0.5) is 9.52 Å². The molecule has 0 bridgehead atoms. The first-order valence-electron chi connectivity index (χ1n) is 14.7. The molecule has 0 spiro atoms. The first-order valence-corrected chi connectivity index (χ1v) is 16.6. The average Bonchev–Trinajstić information content (AvgIpc) is 3.74. The zero-order valence-corrected chi connectivity index (χ0v) is 27.0. The number of ether oxygens (including phenoxy) is 2. The molecule has 0 radical (unpaired) electrons. The molecule has 13 nitrogen and oxygen atoms in total. The molecule has 2 amide bonds. The van der Waals surface area contributed by atoms with Gasteiger partial charge >= 0.3 is 5.97 Å². The SMILES string of the molecule is Cc1cc(OCC2=C(C(=O)OC(c3ccccc3)c3ccccc3)N3C(=O)C(NC(=O)/C(=N\OCCF)c4csc(N)n4)[C@H]3SC2)no1. The van der Waals surface area contributed by atoms with Crippen molar-refractivity contribution in [3.05, 3.63) is 106 Å². The first kappa shape index (κ1) is 32.7. The number of rotatable bonds is 13. The molecule has 0 saturated carbocycles. The summed E-state index contributed by atoms with van der Waals surface area (Å²) >= 11 is 2.40. The fraction of sp³-hybridized carbons (Fsp3) is 0.250. The number of β-lactam (4-membered cyclic amide) rings is 1. The van der Waals surface area contributed by atoms with Gasteiger partial charge in [-0.05, 0) is 23.2 Å². The molecule has 248 valence electrons. The number of nitrogens with zero attached hydrogens (tertiary/aromatic N) is 4. The van der Waals surface area contributed by atoms with Crippen LogP contribution in [0.1, 0.15) is 28.7 Å². The van der Waals surface area contributed by atoms with E-state index >= 15 is 0 Å². The Labute approximate surface area is 281 Å². The van der Waals surface area contributed by atoms with E-state index in [4.69, 9.17) is 24.6 Å². The van der Waals surface area contributed by atoms with Crippen LogP contribution in [0.2, 0.25) is 0 Å². The molecule has 4 aromatic rings. The third-order valence-electron chi connectivity index (χ3n) is 7.26. The highest BCUT2D eigenvalue weighted by Crippen LogP contribution is 2.42. The minimum Gasteiger partial charge on any atom is -0.471 e. The van der Waals surface area contributed by atoms with Crippen LogP contribution in [0.25, 0.3) is 0 Å². The van der Waals surface area contributed by atoms with Gasteiger partial charge < -0.3 is 29.9 Å². The zero-order chi connectivity index (χ0) is 33.6. The van der Waals surface area contributed by atoms with Gasteiger partial charge in [-0.3, -0.25) is 14.5 Å².